The van der Waals surface area contributed by atoms with Crippen LogP contribution in [0.1, 0.15) is 38.8 Å². The van der Waals surface area contributed by atoms with Crippen LogP contribution in [0.15, 0.2) is 30.3 Å². The number of benzene rings is 1. The topological polar surface area (TPSA) is 15.3 Å². The second kappa shape index (κ2) is 6.31. The second-order valence-corrected chi connectivity index (χ2v) is 8.62. The van der Waals surface area contributed by atoms with Crippen molar-refractivity contribution in [3.05, 3.63) is 35.9 Å². The first kappa shape index (κ1) is 15.4. The van der Waals surface area contributed by atoms with Gasteiger partial charge in [0.05, 0.1) is 0 Å². The van der Waals surface area contributed by atoms with Gasteiger partial charge in [0, 0.05) is 37.0 Å². The third-order valence-corrected chi connectivity index (χ3v) is 6.10. The molecule has 1 aromatic carbocycles. The zero-order chi connectivity index (χ0) is 14.9. The van der Waals surface area contributed by atoms with Gasteiger partial charge in [0.15, 0.2) is 0 Å². The number of nitrogens with zero attached hydrogens (tertiary/aromatic N) is 1. The van der Waals surface area contributed by atoms with Crippen molar-refractivity contribution in [3.63, 3.8) is 0 Å². The fraction of sp³-hybridized carbons (Fsp3) is 0.667. The standard InChI is InChI=1S/C18H28N2S/c1-18(2,3)17-12-20(15-9-10-21-13-15)16(11-19-17)14-7-5-4-6-8-14/h4-8,15-17,19H,9-13H2,1-3H3. The third kappa shape index (κ3) is 3.46. The molecule has 0 spiro atoms. The first-order valence-corrected chi connectivity index (χ1v) is 9.33. The van der Waals surface area contributed by atoms with Crippen LogP contribution in [0.25, 0.3) is 0 Å². The Morgan fingerprint density at radius 1 is 1.19 bits per heavy atom. The molecule has 3 unspecified atom stereocenters. The molecule has 3 atom stereocenters. The van der Waals surface area contributed by atoms with E-state index < -0.39 is 0 Å². The third-order valence-electron chi connectivity index (χ3n) is 4.96. The van der Waals surface area contributed by atoms with Crippen LogP contribution in [0, 0.1) is 5.41 Å². The highest BCUT2D eigenvalue weighted by Gasteiger charge is 2.38. The monoisotopic (exact) mass is 304 g/mol. The minimum absolute atomic E-state index is 0.325. The van der Waals surface area contributed by atoms with Crippen LogP contribution in [0.5, 0.6) is 0 Å². The maximum Gasteiger partial charge on any atom is 0.0476 e. The molecule has 2 saturated heterocycles. The lowest BCUT2D eigenvalue weighted by Crippen LogP contribution is -2.59. The summed E-state index contributed by atoms with van der Waals surface area (Å²) in [5, 5.41) is 3.81. The first-order chi connectivity index (χ1) is 10.1. The Bertz CT molecular complexity index is 448. The minimum Gasteiger partial charge on any atom is -0.310 e. The predicted molar refractivity (Wildman–Crippen MR) is 92.9 cm³/mol. The van der Waals surface area contributed by atoms with E-state index in [0.717, 1.165) is 12.6 Å². The second-order valence-electron chi connectivity index (χ2n) is 7.47. The number of hydrogen-bond donors (Lipinski definition) is 1. The summed E-state index contributed by atoms with van der Waals surface area (Å²) in [5.74, 6) is 2.64. The quantitative estimate of drug-likeness (QED) is 0.899. The van der Waals surface area contributed by atoms with Gasteiger partial charge in [0.25, 0.3) is 0 Å². The highest BCUT2D eigenvalue weighted by atomic mass is 32.2. The molecule has 0 radical (unpaired) electrons. The van der Waals surface area contributed by atoms with E-state index in [2.05, 4.69) is 73.1 Å². The van der Waals surface area contributed by atoms with Crippen LogP contribution in [-0.4, -0.2) is 41.6 Å². The summed E-state index contributed by atoms with van der Waals surface area (Å²) in [6.07, 6.45) is 1.35. The van der Waals surface area contributed by atoms with Crippen molar-refractivity contribution in [2.24, 2.45) is 5.41 Å². The zero-order valence-corrected chi connectivity index (χ0v) is 14.3. The van der Waals surface area contributed by atoms with Gasteiger partial charge in [-0.15, -0.1) is 0 Å². The summed E-state index contributed by atoms with van der Waals surface area (Å²) >= 11 is 2.12. The molecule has 0 bridgehead atoms. The first-order valence-electron chi connectivity index (χ1n) is 8.17. The zero-order valence-electron chi connectivity index (χ0n) is 13.5. The maximum atomic E-state index is 3.81. The Balaban J connectivity index is 1.82. The van der Waals surface area contributed by atoms with Crippen LogP contribution in [-0.2, 0) is 0 Å². The average molecular weight is 305 g/mol. The molecular formula is C18H28N2S. The van der Waals surface area contributed by atoms with Crippen molar-refractivity contribution in [2.75, 3.05) is 24.6 Å². The van der Waals surface area contributed by atoms with E-state index in [1.54, 1.807) is 0 Å². The lowest BCUT2D eigenvalue weighted by molar-refractivity contribution is 0.0571. The normalized spacial score (nSPS) is 31.5. The molecular weight excluding hydrogens is 276 g/mol. The summed E-state index contributed by atoms with van der Waals surface area (Å²) < 4.78 is 0. The molecule has 1 N–H and O–H groups in total. The summed E-state index contributed by atoms with van der Waals surface area (Å²) in [4.78, 5) is 2.79. The van der Waals surface area contributed by atoms with E-state index in [1.165, 1.54) is 30.0 Å². The number of piperazine rings is 1. The predicted octanol–water partition coefficient (Wildman–Crippen LogP) is 3.55. The summed E-state index contributed by atoms with van der Waals surface area (Å²) in [6, 6.07) is 12.9. The fourth-order valence-corrected chi connectivity index (χ4v) is 4.76. The van der Waals surface area contributed by atoms with Crippen LogP contribution < -0.4 is 5.32 Å². The Morgan fingerprint density at radius 2 is 1.95 bits per heavy atom. The minimum atomic E-state index is 0.325. The lowest BCUT2D eigenvalue weighted by Gasteiger charge is -2.47. The summed E-state index contributed by atoms with van der Waals surface area (Å²) in [6.45, 7) is 9.32. The molecule has 0 aromatic heterocycles. The molecule has 2 aliphatic rings. The Morgan fingerprint density at radius 3 is 2.57 bits per heavy atom. The van der Waals surface area contributed by atoms with Crippen LogP contribution in [0.3, 0.4) is 0 Å². The van der Waals surface area contributed by atoms with E-state index in [1.807, 2.05) is 0 Å². The molecule has 3 rings (SSSR count). The van der Waals surface area contributed by atoms with Gasteiger partial charge in [0.2, 0.25) is 0 Å². The van der Waals surface area contributed by atoms with E-state index in [0.29, 0.717) is 17.5 Å². The molecule has 116 valence electrons. The van der Waals surface area contributed by atoms with Crippen molar-refractivity contribution in [3.8, 4) is 0 Å². The molecule has 1 aromatic rings. The summed E-state index contributed by atoms with van der Waals surface area (Å²) in [5.41, 5.74) is 1.79. The van der Waals surface area contributed by atoms with Crippen LogP contribution in [0.4, 0.5) is 0 Å². The molecule has 2 heterocycles. The molecule has 21 heavy (non-hydrogen) atoms. The lowest BCUT2D eigenvalue weighted by atomic mass is 9.83. The molecule has 0 aliphatic carbocycles. The highest BCUT2D eigenvalue weighted by molar-refractivity contribution is 7.99. The van der Waals surface area contributed by atoms with Crippen molar-refractivity contribution >= 4 is 11.8 Å². The molecule has 2 fully saturated rings. The Labute approximate surface area is 133 Å². The van der Waals surface area contributed by atoms with Gasteiger partial charge in [0.1, 0.15) is 0 Å². The van der Waals surface area contributed by atoms with Gasteiger partial charge in [-0.3, -0.25) is 4.90 Å². The molecule has 3 heteroatoms. The van der Waals surface area contributed by atoms with E-state index in [9.17, 15) is 0 Å². The van der Waals surface area contributed by atoms with Gasteiger partial charge >= 0.3 is 0 Å². The average Bonchev–Trinajstić information content (AvgIpc) is 3.01. The Hall–Kier alpha value is -0.510. The maximum absolute atomic E-state index is 3.81. The van der Waals surface area contributed by atoms with Crippen LogP contribution in [0.2, 0.25) is 0 Å². The molecule has 0 amide bonds. The summed E-state index contributed by atoms with van der Waals surface area (Å²) in [7, 11) is 0. The van der Waals surface area contributed by atoms with Gasteiger partial charge < -0.3 is 5.32 Å². The number of rotatable bonds is 2. The molecule has 0 saturated carbocycles. The van der Waals surface area contributed by atoms with Crippen molar-refractivity contribution in [1.29, 1.82) is 0 Å². The van der Waals surface area contributed by atoms with Crippen LogP contribution >= 0.6 is 11.8 Å². The smallest absolute Gasteiger partial charge is 0.0476 e. The number of nitrogens with one attached hydrogen (secondary N) is 1. The van der Waals surface area contributed by atoms with E-state index in [-0.39, 0.29) is 0 Å². The van der Waals surface area contributed by atoms with Gasteiger partial charge in [-0.2, -0.15) is 11.8 Å². The van der Waals surface area contributed by atoms with Crippen molar-refractivity contribution in [2.45, 2.75) is 45.3 Å². The van der Waals surface area contributed by atoms with Gasteiger partial charge in [-0.1, -0.05) is 51.1 Å². The molecule has 2 nitrogen and oxygen atoms in total. The van der Waals surface area contributed by atoms with E-state index in [4.69, 9.17) is 0 Å². The van der Waals surface area contributed by atoms with Crippen molar-refractivity contribution in [1.82, 2.24) is 10.2 Å². The van der Waals surface area contributed by atoms with Crippen molar-refractivity contribution < 1.29 is 0 Å². The van der Waals surface area contributed by atoms with Gasteiger partial charge in [-0.05, 0) is 23.2 Å². The number of thioether (sulfide) groups is 1. The van der Waals surface area contributed by atoms with E-state index >= 15 is 0 Å². The highest BCUT2D eigenvalue weighted by Crippen LogP contribution is 2.34. The SMILES string of the molecule is CC(C)(C)C1CN(C2CCSC2)C(c2ccccc2)CN1. The largest absolute Gasteiger partial charge is 0.310 e. The number of hydrogen-bond acceptors (Lipinski definition) is 3. The van der Waals surface area contributed by atoms with Gasteiger partial charge in [-0.25, -0.2) is 0 Å². The Kier molecular flexibility index (Phi) is 4.63. The molecule has 2 aliphatic heterocycles. The fourth-order valence-electron chi connectivity index (χ4n) is 3.53.